The molecule has 3 aromatic carbocycles. The standard InChI is InChI=1S/C28H30F2N4O2/c1-33(2)26-14-13-25(31-27(35)20-5-3-6-20)15-21(26)18-34(17-19-9-11-22(29)12-10-19)28(36)32-24-8-4-7-23(30)16-24/h4,7-16,20H,3,5-6,17-18H2,1-2H3,(H,31,35)(H,32,36). The summed E-state index contributed by atoms with van der Waals surface area (Å²) in [6.07, 6.45) is 2.88. The molecule has 3 amide bonds. The predicted octanol–water partition coefficient (Wildman–Crippen LogP) is 6.00. The van der Waals surface area contributed by atoms with Gasteiger partial charge in [0, 0.05) is 50.2 Å². The number of nitrogens with one attached hydrogen (secondary N) is 2. The minimum atomic E-state index is -0.456. The molecule has 1 aliphatic rings. The van der Waals surface area contributed by atoms with E-state index in [2.05, 4.69) is 10.6 Å². The van der Waals surface area contributed by atoms with E-state index in [-0.39, 0.29) is 30.7 Å². The van der Waals surface area contributed by atoms with Gasteiger partial charge in [0.25, 0.3) is 0 Å². The molecule has 0 atom stereocenters. The average molecular weight is 493 g/mol. The SMILES string of the molecule is CN(C)c1ccc(NC(=O)C2CCC2)cc1CN(Cc1ccc(F)cc1)C(=O)Nc1cccc(F)c1. The van der Waals surface area contributed by atoms with Gasteiger partial charge in [0.2, 0.25) is 5.91 Å². The van der Waals surface area contributed by atoms with Gasteiger partial charge in [0.1, 0.15) is 11.6 Å². The number of hydrogen-bond donors (Lipinski definition) is 2. The fourth-order valence-electron chi connectivity index (χ4n) is 4.13. The molecule has 0 bridgehead atoms. The van der Waals surface area contributed by atoms with Crippen LogP contribution < -0.4 is 15.5 Å². The number of halogens is 2. The van der Waals surface area contributed by atoms with Crippen molar-refractivity contribution in [3.8, 4) is 0 Å². The topological polar surface area (TPSA) is 64.7 Å². The van der Waals surface area contributed by atoms with Crippen molar-refractivity contribution in [2.45, 2.75) is 32.4 Å². The van der Waals surface area contributed by atoms with Crippen LogP contribution in [0.2, 0.25) is 0 Å². The minimum Gasteiger partial charge on any atom is -0.377 e. The second kappa shape index (κ2) is 11.2. The lowest BCUT2D eigenvalue weighted by Crippen LogP contribution is -2.34. The van der Waals surface area contributed by atoms with E-state index in [1.54, 1.807) is 23.1 Å². The number of benzene rings is 3. The summed E-state index contributed by atoms with van der Waals surface area (Å²) in [5, 5.41) is 5.74. The molecule has 0 aromatic heterocycles. The Labute approximate surface area is 209 Å². The summed E-state index contributed by atoms with van der Waals surface area (Å²) in [6, 6.07) is 16.8. The van der Waals surface area contributed by atoms with Crippen LogP contribution in [-0.2, 0) is 17.9 Å². The van der Waals surface area contributed by atoms with E-state index in [1.165, 1.54) is 30.3 Å². The third-order valence-electron chi connectivity index (χ3n) is 6.32. The summed E-state index contributed by atoms with van der Waals surface area (Å²) < 4.78 is 27.2. The smallest absolute Gasteiger partial charge is 0.322 e. The Balaban J connectivity index is 1.61. The lowest BCUT2D eigenvalue weighted by atomic mass is 9.85. The largest absolute Gasteiger partial charge is 0.377 e. The van der Waals surface area contributed by atoms with Gasteiger partial charge in [-0.2, -0.15) is 0 Å². The van der Waals surface area contributed by atoms with Crippen molar-refractivity contribution in [3.63, 3.8) is 0 Å². The first-order chi connectivity index (χ1) is 17.3. The molecule has 3 aromatic rings. The molecule has 0 radical (unpaired) electrons. The van der Waals surface area contributed by atoms with Crippen molar-refractivity contribution in [2.24, 2.45) is 5.92 Å². The van der Waals surface area contributed by atoms with Gasteiger partial charge in [-0.3, -0.25) is 4.79 Å². The van der Waals surface area contributed by atoms with Gasteiger partial charge < -0.3 is 20.4 Å². The number of nitrogens with zero attached hydrogens (tertiary/aromatic N) is 2. The number of rotatable bonds is 8. The van der Waals surface area contributed by atoms with Crippen LogP contribution in [-0.4, -0.2) is 30.9 Å². The molecule has 1 saturated carbocycles. The highest BCUT2D eigenvalue weighted by Gasteiger charge is 2.25. The zero-order chi connectivity index (χ0) is 25.7. The maximum atomic E-state index is 13.7. The van der Waals surface area contributed by atoms with Crippen LogP contribution in [0.25, 0.3) is 0 Å². The first kappa shape index (κ1) is 25.2. The summed E-state index contributed by atoms with van der Waals surface area (Å²) in [7, 11) is 3.81. The van der Waals surface area contributed by atoms with Crippen LogP contribution in [0.1, 0.15) is 30.4 Å². The number of amides is 3. The molecular weight excluding hydrogens is 462 g/mol. The lowest BCUT2D eigenvalue weighted by molar-refractivity contribution is -0.122. The molecule has 0 saturated heterocycles. The van der Waals surface area contributed by atoms with E-state index in [1.807, 2.05) is 37.2 Å². The molecule has 36 heavy (non-hydrogen) atoms. The van der Waals surface area contributed by atoms with Crippen LogP contribution >= 0.6 is 0 Å². The molecule has 0 spiro atoms. The molecule has 0 unspecified atom stereocenters. The van der Waals surface area contributed by atoms with Crippen LogP contribution in [0.5, 0.6) is 0 Å². The van der Waals surface area contributed by atoms with Crippen LogP contribution in [0, 0.1) is 17.6 Å². The monoisotopic (exact) mass is 492 g/mol. The molecule has 1 aliphatic carbocycles. The van der Waals surface area contributed by atoms with Crippen molar-refractivity contribution in [3.05, 3.63) is 89.5 Å². The molecule has 2 N–H and O–H groups in total. The number of urea groups is 1. The van der Waals surface area contributed by atoms with Gasteiger partial charge in [0.15, 0.2) is 0 Å². The van der Waals surface area contributed by atoms with E-state index >= 15 is 0 Å². The molecular formula is C28H30F2N4O2. The van der Waals surface area contributed by atoms with Gasteiger partial charge in [-0.1, -0.05) is 24.6 Å². The second-order valence-corrected chi connectivity index (χ2v) is 9.28. The molecule has 6 nitrogen and oxygen atoms in total. The Morgan fingerprint density at radius 1 is 0.861 bits per heavy atom. The lowest BCUT2D eigenvalue weighted by Gasteiger charge is -2.27. The highest BCUT2D eigenvalue weighted by molar-refractivity contribution is 5.93. The zero-order valence-electron chi connectivity index (χ0n) is 20.4. The minimum absolute atomic E-state index is 0.0109. The van der Waals surface area contributed by atoms with E-state index < -0.39 is 11.8 Å². The Kier molecular flexibility index (Phi) is 7.83. The molecule has 1 fully saturated rings. The normalized spacial score (nSPS) is 13.0. The maximum Gasteiger partial charge on any atom is 0.322 e. The van der Waals surface area contributed by atoms with Crippen molar-refractivity contribution < 1.29 is 18.4 Å². The summed E-state index contributed by atoms with van der Waals surface area (Å²) >= 11 is 0. The van der Waals surface area contributed by atoms with E-state index in [9.17, 15) is 18.4 Å². The van der Waals surface area contributed by atoms with Crippen LogP contribution in [0.4, 0.5) is 30.6 Å². The summed E-state index contributed by atoms with van der Waals surface area (Å²) in [5.74, 6) is -0.757. The first-order valence-electron chi connectivity index (χ1n) is 12.0. The molecule has 4 rings (SSSR count). The molecule has 8 heteroatoms. The van der Waals surface area contributed by atoms with Crippen molar-refractivity contribution in [1.29, 1.82) is 0 Å². The van der Waals surface area contributed by atoms with Crippen molar-refractivity contribution in [1.82, 2.24) is 4.90 Å². The summed E-state index contributed by atoms with van der Waals surface area (Å²) in [5.41, 5.74) is 3.45. The Bertz CT molecular complexity index is 1230. The molecule has 188 valence electrons. The average Bonchev–Trinajstić information content (AvgIpc) is 2.79. The van der Waals surface area contributed by atoms with Gasteiger partial charge in [-0.25, -0.2) is 13.6 Å². The fourth-order valence-corrected chi connectivity index (χ4v) is 4.13. The second-order valence-electron chi connectivity index (χ2n) is 9.28. The first-order valence-corrected chi connectivity index (χ1v) is 12.0. The third kappa shape index (κ3) is 6.38. The van der Waals surface area contributed by atoms with Crippen molar-refractivity contribution in [2.75, 3.05) is 29.6 Å². The van der Waals surface area contributed by atoms with Crippen LogP contribution in [0.15, 0.2) is 66.7 Å². The highest BCUT2D eigenvalue weighted by Crippen LogP contribution is 2.30. The van der Waals surface area contributed by atoms with E-state index in [0.29, 0.717) is 11.4 Å². The van der Waals surface area contributed by atoms with Gasteiger partial charge in [-0.15, -0.1) is 0 Å². The van der Waals surface area contributed by atoms with E-state index in [4.69, 9.17) is 0 Å². The Morgan fingerprint density at radius 2 is 1.58 bits per heavy atom. The number of carbonyl (C=O) groups excluding carboxylic acids is 2. The van der Waals surface area contributed by atoms with Crippen LogP contribution in [0.3, 0.4) is 0 Å². The van der Waals surface area contributed by atoms with Crippen molar-refractivity contribution >= 4 is 29.0 Å². The number of carbonyl (C=O) groups is 2. The number of anilines is 3. The summed E-state index contributed by atoms with van der Waals surface area (Å²) in [4.78, 5) is 29.3. The number of hydrogen-bond acceptors (Lipinski definition) is 3. The van der Waals surface area contributed by atoms with Gasteiger partial charge in [0.05, 0.1) is 0 Å². The molecule has 0 aliphatic heterocycles. The van der Waals surface area contributed by atoms with E-state index in [0.717, 1.165) is 36.1 Å². The quantitative estimate of drug-likeness (QED) is 0.405. The third-order valence-corrected chi connectivity index (χ3v) is 6.32. The summed E-state index contributed by atoms with van der Waals surface area (Å²) in [6.45, 7) is 0.409. The maximum absolute atomic E-state index is 13.7. The fraction of sp³-hybridized carbons (Fsp3) is 0.286. The highest BCUT2D eigenvalue weighted by atomic mass is 19.1. The van der Waals surface area contributed by atoms with Gasteiger partial charge in [-0.05, 0) is 72.5 Å². The van der Waals surface area contributed by atoms with Gasteiger partial charge >= 0.3 is 6.03 Å². The Morgan fingerprint density at radius 3 is 2.22 bits per heavy atom. The Hall–Kier alpha value is -3.94. The zero-order valence-corrected chi connectivity index (χ0v) is 20.4. The molecule has 0 heterocycles. The predicted molar refractivity (Wildman–Crippen MR) is 138 cm³/mol.